The number of carbonyl (C=O) groups is 1. The second-order valence-corrected chi connectivity index (χ2v) is 8.64. The van der Waals surface area contributed by atoms with Crippen molar-refractivity contribution in [2.75, 3.05) is 12.3 Å². The maximum Gasteiger partial charge on any atom is 0.407 e. The van der Waals surface area contributed by atoms with Crippen LogP contribution in [0.5, 0.6) is 0 Å². The van der Waals surface area contributed by atoms with Gasteiger partial charge in [0.25, 0.3) is 0 Å². The van der Waals surface area contributed by atoms with Gasteiger partial charge < -0.3 is 24.9 Å². The molecule has 0 unspecified atom stereocenters. The summed E-state index contributed by atoms with van der Waals surface area (Å²) < 4.78 is 9.30. The van der Waals surface area contributed by atoms with Crippen LogP contribution in [0.4, 0.5) is 10.6 Å². The number of nitrogen functional groups attached to an aromatic ring is 1. The molecular formula is C22H27ClN8O2. The predicted molar refractivity (Wildman–Crippen MR) is 127 cm³/mol. The second kappa shape index (κ2) is 10.0. The van der Waals surface area contributed by atoms with Crippen molar-refractivity contribution in [1.82, 2.24) is 34.4 Å². The van der Waals surface area contributed by atoms with Gasteiger partial charge in [-0.2, -0.15) is 9.97 Å². The van der Waals surface area contributed by atoms with Crippen LogP contribution in [-0.4, -0.2) is 41.8 Å². The molecule has 4 aromatic rings. The third kappa shape index (κ3) is 5.51. The van der Waals surface area contributed by atoms with Crippen LogP contribution >= 0.6 is 11.6 Å². The third-order valence-electron chi connectivity index (χ3n) is 5.17. The minimum atomic E-state index is -0.439. The maximum atomic E-state index is 12.1. The van der Waals surface area contributed by atoms with Crippen molar-refractivity contribution in [3.05, 3.63) is 41.7 Å². The number of amides is 1. The summed E-state index contributed by atoms with van der Waals surface area (Å²) in [6.45, 7) is 6.60. The number of rotatable bonds is 9. The Bertz CT molecular complexity index is 1270. The Balaban J connectivity index is 1.21. The number of alkyl carbamates (subject to hydrolysis) is 1. The van der Waals surface area contributed by atoms with Crippen molar-refractivity contribution < 1.29 is 9.53 Å². The summed E-state index contributed by atoms with van der Waals surface area (Å²) in [5.41, 5.74) is 9.95. The summed E-state index contributed by atoms with van der Waals surface area (Å²) in [6, 6.07) is 6.00. The van der Waals surface area contributed by atoms with Gasteiger partial charge in [-0.1, -0.05) is 19.9 Å². The van der Waals surface area contributed by atoms with Crippen LogP contribution in [0.1, 0.15) is 32.3 Å². The standard InChI is InChI=1S/C22H27ClN8O2/c1-14(2)11-31-12-26-16-6-5-15(9-17(16)31)10-25-22(32)33-8-4-3-7-30-13-27-18-19(24)28-21(23)29-20(18)30/h5-6,9,12-14H,3-4,7-8,10-11H2,1-2H3,(H,25,32)(H2,24,28,29). The van der Waals surface area contributed by atoms with Crippen molar-refractivity contribution in [2.45, 2.75) is 46.3 Å². The Hall–Kier alpha value is -3.40. The minimum Gasteiger partial charge on any atom is -0.450 e. The molecule has 3 aromatic heterocycles. The average Bonchev–Trinajstić information content (AvgIpc) is 3.36. The molecule has 0 aliphatic rings. The van der Waals surface area contributed by atoms with Crippen LogP contribution in [0.3, 0.4) is 0 Å². The number of nitrogens with zero attached hydrogens (tertiary/aromatic N) is 6. The molecule has 1 aromatic carbocycles. The molecule has 0 fully saturated rings. The minimum absolute atomic E-state index is 0.0882. The molecule has 33 heavy (non-hydrogen) atoms. The molecule has 0 aliphatic carbocycles. The molecular weight excluding hydrogens is 444 g/mol. The summed E-state index contributed by atoms with van der Waals surface area (Å²) in [4.78, 5) is 28.8. The smallest absolute Gasteiger partial charge is 0.407 e. The highest BCUT2D eigenvalue weighted by atomic mass is 35.5. The number of nitrogens with two attached hydrogens (primary N) is 1. The van der Waals surface area contributed by atoms with Crippen LogP contribution in [0.2, 0.25) is 5.28 Å². The van der Waals surface area contributed by atoms with E-state index in [0.29, 0.717) is 43.2 Å². The number of fused-ring (bicyclic) bond motifs is 2. The molecule has 0 spiro atoms. The number of nitrogens with one attached hydrogen (secondary N) is 1. The van der Waals surface area contributed by atoms with Crippen LogP contribution in [-0.2, 0) is 24.4 Å². The Morgan fingerprint density at radius 2 is 2.00 bits per heavy atom. The van der Waals surface area contributed by atoms with E-state index in [-0.39, 0.29) is 11.1 Å². The number of imidazole rings is 2. The monoisotopic (exact) mass is 470 g/mol. The molecule has 3 heterocycles. The summed E-state index contributed by atoms with van der Waals surface area (Å²) in [5, 5.41) is 2.89. The van der Waals surface area contributed by atoms with E-state index in [1.165, 1.54) is 0 Å². The third-order valence-corrected chi connectivity index (χ3v) is 5.34. The number of anilines is 1. The number of ether oxygens (including phenoxy) is 1. The predicted octanol–water partition coefficient (Wildman–Crippen LogP) is 3.77. The Morgan fingerprint density at radius 3 is 2.82 bits per heavy atom. The lowest BCUT2D eigenvalue weighted by atomic mass is 10.2. The second-order valence-electron chi connectivity index (χ2n) is 8.30. The highest BCUT2D eigenvalue weighted by Gasteiger charge is 2.11. The first-order valence-electron chi connectivity index (χ1n) is 10.9. The molecule has 0 saturated carbocycles. The number of unbranched alkanes of at least 4 members (excludes halogenated alkanes) is 1. The van der Waals surface area contributed by atoms with Crippen LogP contribution < -0.4 is 11.1 Å². The molecule has 0 radical (unpaired) electrons. The highest BCUT2D eigenvalue weighted by molar-refractivity contribution is 6.28. The largest absolute Gasteiger partial charge is 0.450 e. The van der Waals surface area contributed by atoms with Crippen LogP contribution in [0, 0.1) is 5.92 Å². The number of halogens is 1. The fourth-order valence-corrected chi connectivity index (χ4v) is 3.80. The Morgan fingerprint density at radius 1 is 1.18 bits per heavy atom. The van der Waals surface area contributed by atoms with E-state index in [0.717, 1.165) is 29.6 Å². The molecule has 3 N–H and O–H groups in total. The van der Waals surface area contributed by atoms with Gasteiger partial charge in [0.2, 0.25) is 5.28 Å². The van der Waals surface area contributed by atoms with Gasteiger partial charge >= 0.3 is 6.09 Å². The first kappa shape index (κ1) is 22.8. The van der Waals surface area contributed by atoms with Gasteiger partial charge in [0.1, 0.15) is 5.52 Å². The van der Waals surface area contributed by atoms with E-state index in [1.807, 2.05) is 23.0 Å². The van der Waals surface area contributed by atoms with E-state index in [4.69, 9.17) is 22.1 Å². The lowest BCUT2D eigenvalue weighted by molar-refractivity contribution is 0.143. The number of aromatic nitrogens is 6. The van der Waals surface area contributed by atoms with Crippen molar-refractivity contribution in [3.63, 3.8) is 0 Å². The van der Waals surface area contributed by atoms with E-state index in [1.54, 1.807) is 6.33 Å². The molecule has 0 bridgehead atoms. The number of benzene rings is 1. The molecule has 0 atom stereocenters. The summed E-state index contributed by atoms with van der Waals surface area (Å²) in [7, 11) is 0. The number of aryl methyl sites for hydroxylation is 1. The van der Waals surface area contributed by atoms with Gasteiger partial charge in [-0.25, -0.2) is 14.8 Å². The average molecular weight is 471 g/mol. The number of hydrogen-bond acceptors (Lipinski definition) is 7. The number of carbonyl (C=O) groups excluding carboxylic acids is 1. The van der Waals surface area contributed by atoms with Gasteiger partial charge in [0.05, 0.1) is 30.3 Å². The van der Waals surface area contributed by atoms with Crippen molar-refractivity contribution >= 4 is 45.7 Å². The zero-order chi connectivity index (χ0) is 23.4. The van der Waals surface area contributed by atoms with Gasteiger partial charge in [-0.05, 0) is 48.1 Å². The molecule has 1 amide bonds. The molecule has 10 nitrogen and oxygen atoms in total. The topological polar surface area (TPSA) is 126 Å². The fourth-order valence-electron chi connectivity index (χ4n) is 3.63. The SMILES string of the molecule is CC(C)Cn1cnc2ccc(CNC(=O)OCCCCn3cnc4c(N)nc(Cl)nc43)cc21. The first-order valence-corrected chi connectivity index (χ1v) is 11.3. The van der Waals surface area contributed by atoms with E-state index in [9.17, 15) is 4.79 Å². The van der Waals surface area contributed by atoms with Crippen molar-refractivity contribution in [1.29, 1.82) is 0 Å². The molecule has 4 rings (SSSR count). The first-order chi connectivity index (χ1) is 15.9. The fraction of sp³-hybridized carbons (Fsp3) is 0.409. The summed E-state index contributed by atoms with van der Waals surface area (Å²) in [5.74, 6) is 0.781. The van der Waals surface area contributed by atoms with Crippen LogP contribution in [0.15, 0.2) is 30.9 Å². The van der Waals surface area contributed by atoms with Crippen LogP contribution in [0.25, 0.3) is 22.2 Å². The molecule has 0 saturated heterocycles. The van der Waals surface area contributed by atoms with E-state index < -0.39 is 6.09 Å². The normalized spacial score (nSPS) is 11.5. The van der Waals surface area contributed by atoms with Crippen molar-refractivity contribution in [2.24, 2.45) is 5.92 Å². The molecule has 174 valence electrons. The lowest BCUT2D eigenvalue weighted by Crippen LogP contribution is -2.24. The summed E-state index contributed by atoms with van der Waals surface area (Å²) >= 11 is 5.88. The maximum absolute atomic E-state index is 12.1. The van der Waals surface area contributed by atoms with Gasteiger partial charge in [-0.3, -0.25) is 0 Å². The Labute approximate surface area is 196 Å². The summed E-state index contributed by atoms with van der Waals surface area (Å²) in [6.07, 6.45) is 4.55. The molecule has 0 aliphatic heterocycles. The van der Waals surface area contributed by atoms with E-state index >= 15 is 0 Å². The lowest BCUT2D eigenvalue weighted by Gasteiger charge is -2.09. The van der Waals surface area contributed by atoms with Gasteiger partial charge in [0.15, 0.2) is 11.5 Å². The number of hydrogen-bond donors (Lipinski definition) is 2. The van der Waals surface area contributed by atoms with Gasteiger partial charge in [0, 0.05) is 19.6 Å². The molecule has 11 heteroatoms. The van der Waals surface area contributed by atoms with Crippen molar-refractivity contribution in [3.8, 4) is 0 Å². The zero-order valence-electron chi connectivity index (χ0n) is 18.7. The Kier molecular flexibility index (Phi) is 6.93. The zero-order valence-corrected chi connectivity index (χ0v) is 19.4. The highest BCUT2D eigenvalue weighted by Crippen LogP contribution is 2.19. The quantitative estimate of drug-likeness (QED) is 0.281. The van der Waals surface area contributed by atoms with E-state index in [2.05, 4.69) is 49.7 Å². The van der Waals surface area contributed by atoms with Gasteiger partial charge in [-0.15, -0.1) is 0 Å².